The van der Waals surface area contributed by atoms with E-state index in [1.54, 1.807) is 18.2 Å². The summed E-state index contributed by atoms with van der Waals surface area (Å²) in [6, 6.07) is 5.00. The van der Waals surface area contributed by atoms with Crippen molar-refractivity contribution in [2.45, 2.75) is 0 Å². The molecule has 1 heterocycles. The second-order valence-electron chi connectivity index (χ2n) is 3.00. The number of fused-ring (bicyclic) bond motifs is 1. The number of rotatable bonds is 2. The summed E-state index contributed by atoms with van der Waals surface area (Å²) in [5, 5.41) is 9.75. The van der Waals surface area contributed by atoms with E-state index in [0.29, 0.717) is 15.9 Å². The maximum absolute atomic E-state index is 10.8. The number of aromatic nitrogens is 2. The summed E-state index contributed by atoms with van der Waals surface area (Å²) in [4.78, 5) is 18.4. The number of carboxylic acid groups (broad SMARTS) is 1. The maximum Gasteiger partial charge on any atom is 0.374 e. The Morgan fingerprint density at radius 2 is 2.19 bits per heavy atom. The molecule has 5 nitrogen and oxygen atoms in total. The number of hydrogen-bond donors (Lipinski definition) is 1. The van der Waals surface area contributed by atoms with E-state index < -0.39 is 5.97 Å². The van der Waals surface area contributed by atoms with Crippen molar-refractivity contribution in [1.82, 2.24) is 9.97 Å². The molecule has 0 saturated heterocycles. The van der Waals surface area contributed by atoms with Crippen molar-refractivity contribution in [3.05, 3.63) is 29.0 Å². The van der Waals surface area contributed by atoms with Gasteiger partial charge in [-0.2, -0.15) is 4.98 Å². The summed E-state index contributed by atoms with van der Waals surface area (Å²) < 4.78 is 5.00. The normalized spacial score (nSPS) is 10.4. The molecule has 1 aromatic heterocycles. The number of halogens is 1. The Hall–Kier alpha value is -1.88. The highest BCUT2D eigenvalue weighted by Crippen LogP contribution is 2.29. The summed E-state index contributed by atoms with van der Waals surface area (Å²) in [5.41, 5.74) is 0.441. The lowest BCUT2D eigenvalue weighted by Crippen LogP contribution is -2.06. The number of nitrogens with zero attached hydrogens (tertiary/aromatic N) is 2. The molecule has 0 atom stereocenters. The van der Waals surface area contributed by atoms with Crippen LogP contribution in [0.2, 0.25) is 5.02 Å². The highest BCUT2D eigenvalue weighted by atomic mass is 35.5. The van der Waals surface area contributed by atoms with E-state index in [4.69, 9.17) is 21.4 Å². The average molecular weight is 239 g/mol. The monoisotopic (exact) mass is 238 g/mol. The largest absolute Gasteiger partial charge is 0.480 e. The maximum atomic E-state index is 10.8. The van der Waals surface area contributed by atoms with Gasteiger partial charge >= 0.3 is 5.97 Å². The van der Waals surface area contributed by atoms with Crippen LogP contribution in [-0.4, -0.2) is 28.2 Å². The van der Waals surface area contributed by atoms with Crippen LogP contribution in [0.4, 0.5) is 0 Å². The number of benzene rings is 1. The first-order chi connectivity index (χ1) is 7.63. The minimum atomic E-state index is -1.21. The minimum Gasteiger partial charge on any atom is -0.480 e. The molecule has 0 aliphatic heterocycles. The Morgan fingerprint density at radius 3 is 2.81 bits per heavy atom. The highest BCUT2D eigenvalue weighted by molar-refractivity contribution is 6.35. The lowest BCUT2D eigenvalue weighted by Gasteiger charge is -2.06. The van der Waals surface area contributed by atoms with Crippen LogP contribution >= 0.6 is 11.6 Å². The predicted molar refractivity (Wildman–Crippen MR) is 58.1 cm³/mol. The number of hydrogen-bond acceptors (Lipinski definition) is 4. The first-order valence-electron chi connectivity index (χ1n) is 4.37. The van der Waals surface area contributed by atoms with Gasteiger partial charge < -0.3 is 9.84 Å². The van der Waals surface area contributed by atoms with E-state index in [1.807, 2.05) is 0 Å². The van der Waals surface area contributed by atoms with Crippen LogP contribution in [-0.2, 0) is 0 Å². The molecule has 2 rings (SSSR count). The van der Waals surface area contributed by atoms with E-state index >= 15 is 0 Å². The topological polar surface area (TPSA) is 72.3 Å². The molecule has 0 aliphatic rings. The van der Waals surface area contributed by atoms with Crippen LogP contribution in [0.1, 0.15) is 10.6 Å². The second-order valence-corrected chi connectivity index (χ2v) is 3.40. The van der Waals surface area contributed by atoms with Gasteiger partial charge in [-0.3, -0.25) is 0 Å². The van der Waals surface area contributed by atoms with Gasteiger partial charge in [0.05, 0.1) is 23.0 Å². The molecule has 0 aliphatic carbocycles. The number of carbonyl (C=O) groups is 1. The molecule has 0 radical (unpaired) electrons. The van der Waals surface area contributed by atoms with E-state index in [2.05, 4.69) is 9.97 Å². The standard InChI is InChI=1S/C10H7ClN2O3/c1-16-9-7-5(11)3-2-4-6(7)12-8(13-9)10(14)15/h2-4H,1H3,(H,14,15). The van der Waals surface area contributed by atoms with Crippen LogP contribution in [0, 0.1) is 0 Å². The fraction of sp³-hybridized carbons (Fsp3) is 0.100. The summed E-state index contributed by atoms with van der Waals surface area (Å²) >= 11 is 5.97. The van der Waals surface area contributed by atoms with Crippen LogP contribution in [0.25, 0.3) is 10.9 Å². The lowest BCUT2D eigenvalue weighted by molar-refractivity contribution is 0.0683. The fourth-order valence-electron chi connectivity index (χ4n) is 1.35. The van der Waals surface area contributed by atoms with E-state index in [-0.39, 0.29) is 11.7 Å². The van der Waals surface area contributed by atoms with Crippen molar-refractivity contribution in [3.63, 3.8) is 0 Å². The second kappa shape index (κ2) is 3.94. The first-order valence-corrected chi connectivity index (χ1v) is 4.75. The number of methoxy groups -OCH3 is 1. The van der Waals surface area contributed by atoms with Crippen molar-refractivity contribution in [2.75, 3.05) is 7.11 Å². The van der Waals surface area contributed by atoms with Gasteiger partial charge in [-0.15, -0.1) is 0 Å². The van der Waals surface area contributed by atoms with Gasteiger partial charge in [-0.1, -0.05) is 17.7 Å². The fourth-order valence-corrected chi connectivity index (χ4v) is 1.60. The third-order valence-electron chi connectivity index (χ3n) is 2.02. The van der Waals surface area contributed by atoms with Gasteiger partial charge in [0.2, 0.25) is 11.7 Å². The summed E-state index contributed by atoms with van der Waals surface area (Å²) in [6.07, 6.45) is 0. The van der Waals surface area contributed by atoms with Crippen molar-refractivity contribution in [1.29, 1.82) is 0 Å². The molecule has 6 heteroatoms. The van der Waals surface area contributed by atoms with Crippen LogP contribution < -0.4 is 4.74 Å². The van der Waals surface area contributed by atoms with Gasteiger partial charge in [0, 0.05) is 0 Å². The average Bonchev–Trinajstić information content (AvgIpc) is 2.27. The molecule has 0 saturated carbocycles. The van der Waals surface area contributed by atoms with Gasteiger partial charge in [0.1, 0.15) is 0 Å². The van der Waals surface area contributed by atoms with Gasteiger partial charge in [0.25, 0.3) is 0 Å². The third-order valence-corrected chi connectivity index (χ3v) is 2.34. The van der Waals surface area contributed by atoms with Gasteiger partial charge in [-0.25, -0.2) is 9.78 Å². The Labute approximate surface area is 95.7 Å². The molecular formula is C10H7ClN2O3. The smallest absolute Gasteiger partial charge is 0.374 e. The van der Waals surface area contributed by atoms with E-state index in [9.17, 15) is 4.79 Å². The zero-order chi connectivity index (χ0) is 11.7. The Bertz CT molecular complexity index is 571. The molecular weight excluding hydrogens is 232 g/mol. The molecule has 82 valence electrons. The van der Waals surface area contributed by atoms with Crippen LogP contribution in [0.5, 0.6) is 5.88 Å². The van der Waals surface area contributed by atoms with Crippen molar-refractivity contribution < 1.29 is 14.6 Å². The number of aromatic carboxylic acids is 1. The molecule has 0 unspecified atom stereocenters. The number of carboxylic acids is 1. The zero-order valence-electron chi connectivity index (χ0n) is 8.27. The van der Waals surface area contributed by atoms with Crippen LogP contribution in [0.15, 0.2) is 18.2 Å². The van der Waals surface area contributed by atoms with Gasteiger partial charge in [-0.05, 0) is 12.1 Å². The van der Waals surface area contributed by atoms with E-state index in [0.717, 1.165) is 0 Å². The van der Waals surface area contributed by atoms with Gasteiger partial charge in [0.15, 0.2) is 0 Å². The van der Waals surface area contributed by atoms with E-state index in [1.165, 1.54) is 7.11 Å². The molecule has 0 spiro atoms. The SMILES string of the molecule is COc1nc(C(=O)O)nc2cccc(Cl)c12. The zero-order valence-corrected chi connectivity index (χ0v) is 9.02. The predicted octanol–water partition coefficient (Wildman–Crippen LogP) is 1.99. The highest BCUT2D eigenvalue weighted by Gasteiger charge is 2.14. The van der Waals surface area contributed by atoms with Crippen LogP contribution in [0.3, 0.4) is 0 Å². The molecule has 0 amide bonds. The third kappa shape index (κ3) is 1.65. The minimum absolute atomic E-state index is 0.160. The lowest BCUT2D eigenvalue weighted by atomic mass is 10.2. The Kier molecular flexibility index (Phi) is 2.62. The van der Waals surface area contributed by atoms with Crippen molar-refractivity contribution >= 4 is 28.5 Å². The first kappa shape index (κ1) is 10.6. The number of ether oxygens (including phenoxy) is 1. The Morgan fingerprint density at radius 1 is 1.44 bits per heavy atom. The quantitative estimate of drug-likeness (QED) is 0.866. The van der Waals surface area contributed by atoms with Crippen molar-refractivity contribution in [2.24, 2.45) is 0 Å². The Balaban J connectivity index is 2.84. The summed E-state index contributed by atoms with van der Waals surface area (Å²) in [5.74, 6) is -1.36. The molecule has 0 fully saturated rings. The summed E-state index contributed by atoms with van der Waals surface area (Å²) in [6.45, 7) is 0. The molecule has 0 bridgehead atoms. The molecule has 1 N–H and O–H groups in total. The van der Waals surface area contributed by atoms with Crippen molar-refractivity contribution in [3.8, 4) is 5.88 Å². The molecule has 16 heavy (non-hydrogen) atoms. The molecule has 1 aromatic carbocycles. The molecule has 2 aromatic rings. The summed E-state index contributed by atoms with van der Waals surface area (Å²) in [7, 11) is 1.40.